The number of fused-ring (bicyclic) bond motifs is 1. The van der Waals surface area contributed by atoms with E-state index in [0.29, 0.717) is 17.0 Å². The molecule has 20 heavy (non-hydrogen) atoms. The third-order valence-electron chi connectivity index (χ3n) is 3.53. The lowest BCUT2D eigenvalue weighted by Gasteiger charge is -2.27. The van der Waals surface area contributed by atoms with E-state index < -0.39 is 0 Å². The highest BCUT2D eigenvalue weighted by Gasteiger charge is 2.42. The maximum absolute atomic E-state index is 12.5. The first kappa shape index (κ1) is 12.6. The molecule has 2 amide bonds. The number of benzene rings is 1. The van der Waals surface area contributed by atoms with Crippen molar-refractivity contribution in [2.24, 2.45) is 5.92 Å². The third kappa shape index (κ3) is 1.74. The largest absolute Gasteiger partial charge is 0.347 e. The Labute approximate surface area is 116 Å². The van der Waals surface area contributed by atoms with Crippen molar-refractivity contribution in [3.8, 4) is 0 Å². The Morgan fingerprint density at radius 3 is 2.15 bits per heavy atom. The zero-order valence-corrected chi connectivity index (χ0v) is 11.3. The Morgan fingerprint density at radius 1 is 1.10 bits per heavy atom. The van der Waals surface area contributed by atoms with Crippen LogP contribution >= 0.6 is 0 Å². The van der Waals surface area contributed by atoms with Crippen LogP contribution in [-0.4, -0.2) is 26.7 Å². The summed E-state index contributed by atoms with van der Waals surface area (Å²) in [4.78, 5) is 33.6. The number of rotatable bonds is 3. The standard InChI is InChI=1S/C15H15N3O2/c1-9(2)12(13-16-7-8-17-13)18-14(19)10-5-3-4-6-11(10)15(18)20/h3-9,12H,1-2H3,(H,16,17). The maximum Gasteiger partial charge on any atom is 0.262 e. The summed E-state index contributed by atoms with van der Waals surface area (Å²) in [6.45, 7) is 3.94. The fraction of sp³-hybridized carbons (Fsp3) is 0.267. The van der Waals surface area contributed by atoms with Crippen molar-refractivity contribution in [2.45, 2.75) is 19.9 Å². The second-order valence-electron chi connectivity index (χ2n) is 5.19. The number of nitrogens with one attached hydrogen (secondary N) is 1. The smallest absolute Gasteiger partial charge is 0.262 e. The highest BCUT2D eigenvalue weighted by atomic mass is 16.2. The molecule has 3 rings (SSSR count). The fourth-order valence-electron chi connectivity index (χ4n) is 2.64. The molecule has 1 aromatic heterocycles. The zero-order chi connectivity index (χ0) is 14.3. The Balaban J connectivity index is 2.07. The molecule has 5 heteroatoms. The van der Waals surface area contributed by atoms with Gasteiger partial charge in [0.2, 0.25) is 0 Å². The molecular weight excluding hydrogens is 254 g/mol. The van der Waals surface area contributed by atoms with E-state index in [0.717, 1.165) is 0 Å². The van der Waals surface area contributed by atoms with Gasteiger partial charge in [-0.05, 0) is 18.1 Å². The summed E-state index contributed by atoms with van der Waals surface area (Å²) in [6.07, 6.45) is 3.33. The molecule has 2 aromatic rings. The van der Waals surface area contributed by atoms with Gasteiger partial charge in [0.15, 0.2) is 0 Å². The summed E-state index contributed by atoms with van der Waals surface area (Å²) in [5, 5.41) is 0. The lowest BCUT2D eigenvalue weighted by Crippen LogP contribution is -2.37. The molecule has 1 aliphatic rings. The number of imide groups is 1. The quantitative estimate of drug-likeness (QED) is 0.870. The highest BCUT2D eigenvalue weighted by Crippen LogP contribution is 2.34. The molecule has 102 valence electrons. The third-order valence-corrected chi connectivity index (χ3v) is 3.53. The lowest BCUT2D eigenvalue weighted by atomic mass is 10.0. The minimum Gasteiger partial charge on any atom is -0.347 e. The molecule has 5 nitrogen and oxygen atoms in total. The number of amides is 2. The molecule has 1 aliphatic heterocycles. The number of nitrogens with zero attached hydrogens (tertiary/aromatic N) is 2. The first-order chi connectivity index (χ1) is 9.61. The van der Waals surface area contributed by atoms with Crippen LogP contribution in [0.5, 0.6) is 0 Å². The number of imidazole rings is 1. The number of carbonyl (C=O) groups excluding carboxylic acids is 2. The molecule has 1 aromatic carbocycles. The highest BCUT2D eigenvalue weighted by molar-refractivity contribution is 6.21. The monoisotopic (exact) mass is 269 g/mol. The molecule has 1 atom stereocenters. The zero-order valence-electron chi connectivity index (χ0n) is 11.3. The summed E-state index contributed by atoms with van der Waals surface area (Å²) < 4.78 is 0. The summed E-state index contributed by atoms with van der Waals surface area (Å²) >= 11 is 0. The fourth-order valence-corrected chi connectivity index (χ4v) is 2.64. The Bertz CT molecular complexity index is 627. The minimum absolute atomic E-state index is 0.0726. The summed E-state index contributed by atoms with van der Waals surface area (Å²) in [6, 6.07) is 6.54. The van der Waals surface area contributed by atoms with Crippen molar-refractivity contribution in [3.05, 3.63) is 53.6 Å². The molecular formula is C15H15N3O2. The molecule has 1 N–H and O–H groups in total. The number of H-pyrrole nitrogens is 1. The van der Waals surface area contributed by atoms with E-state index in [1.165, 1.54) is 4.90 Å². The van der Waals surface area contributed by atoms with Crippen LogP contribution in [0.25, 0.3) is 0 Å². The minimum atomic E-state index is -0.377. The molecule has 2 heterocycles. The van der Waals surface area contributed by atoms with Crippen molar-refractivity contribution in [2.75, 3.05) is 0 Å². The predicted octanol–water partition coefficient (Wildman–Crippen LogP) is 2.40. The molecule has 0 spiro atoms. The summed E-state index contributed by atoms with van der Waals surface area (Å²) in [7, 11) is 0. The summed E-state index contributed by atoms with van der Waals surface area (Å²) in [5.74, 6) is 0.208. The van der Waals surface area contributed by atoms with Crippen molar-refractivity contribution in [1.29, 1.82) is 0 Å². The molecule has 1 unspecified atom stereocenters. The maximum atomic E-state index is 12.5. The molecule has 0 aliphatic carbocycles. The molecule has 0 radical (unpaired) electrons. The van der Waals surface area contributed by atoms with Crippen molar-refractivity contribution in [1.82, 2.24) is 14.9 Å². The predicted molar refractivity (Wildman–Crippen MR) is 73.1 cm³/mol. The van der Waals surface area contributed by atoms with Gasteiger partial charge in [0, 0.05) is 12.4 Å². The van der Waals surface area contributed by atoms with Crippen LogP contribution in [0.15, 0.2) is 36.7 Å². The van der Waals surface area contributed by atoms with Crippen LogP contribution in [0, 0.1) is 5.92 Å². The van der Waals surface area contributed by atoms with Crippen molar-refractivity contribution >= 4 is 11.8 Å². The average molecular weight is 269 g/mol. The van der Waals surface area contributed by atoms with Gasteiger partial charge in [-0.15, -0.1) is 0 Å². The summed E-state index contributed by atoms with van der Waals surface area (Å²) in [5.41, 5.74) is 0.935. The van der Waals surface area contributed by atoms with E-state index in [4.69, 9.17) is 0 Å². The topological polar surface area (TPSA) is 66.1 Å². The Hall–Kier alpha value is -2.43. The van der Waals surface area contributed by atoms with Crippen LogP contribution in [0.4, 0.5) is 0 Å². The van der Waals surface area contributed by atoms with E-state index in [9.17, 15) is 9.59 Å². The van der Waals surface area contributed by atoms with Gasteiger partial charge in [0.1, 0.15) is 11.9 Å². The second-order valence-corrected chi connectivity index (χ2v) is 5.19. The Kier molecular flexibility index (Phi) is 2.89. The normalized spacial score (nSPS) is 15.8. The number of carbonyl (C=O) groups is 2. The van der Waals surface area contributed by atoms with Gasteiger partial charge in [-0.2, -0.15) is 0 Å². The van der Waals surface area contributed by atoms with Gasteiger partial charge in [-0.1, -0.05) is 26.0 Å². The molecule has 0 bridgehead atoms. The van der Waals surface area contributed by atoms with Crippen molar-refractivity contribution < 1.29 is 9.59 Å². The second kappa shape index (κ2) is 4.59. The van der Waals surface area contributed by atoms with Crippen LogP contribution in [0.2, 0.25) is 0 Å². The van der Waals surface area contributed by atoms with E-state index >= 15 is 0 Å². The van der Waals surface area contributed by atoms with Gasteiger partial charge in [-0.3, -0.25) is 14.5 Å². The van der Waals surface area contributed by atoms with E-state index in [1.807, 2.05) is 13.8 Å². The number of hydrogen-bond acceptors (Lipinski definition) is 3. The first-order valence-electron chi connectivity index (χ1n) is 6.57. The number of hydrogen-bond donors (Lipinski definition) is 1. The van der Waals surface area contributed by atoms with Gasteiger partial charge in [0.05, 0.1) is 11.1 Å². The van der Waals surface area contributed by atoms with E-state index in [2.05, 4.69) is 9.97 Å². The van der Waals surface area contributed by atoms with Gasteiger partial charge in [-0.25, -0.2) is 4.98 Å². The van der Waals surface area contributed by atoms with E-state index in [-0.39, 0.29) is 23.8 Å². The van der Waals surface area contributed by atoms with Gasteiger partial charge in [0.25, 0.3) is 11.8 Å². The van der Waals surface area contributed by atoms with Gasteiger partial charge >= 0.3 is 0 Å². The molecule has 0 saturated carbocycles. The van der Waals surface area contributed by atoms with E-state index in [1.54, 1.807) is 36.7 Å². The number of aromatic amines is 1. The first-order valence-corrected chi connectivity index (χ1v) is 6.57. The van der Waals surface area contributed by atoms with Gasteiger partial charge < -0.3 is 4.98 Å². The van der Waals surface area contributed by atoms with Crippen LogP contribution in [0.1, 0.15) is 46.4 Å². The Morgan fingerprint density at radius 2 is 1.70 bits per heavy atom. The molecule has 0 fully saturated rings. The van der Waals surface area contributed by atoms with Crippen LogP contribution in [-0.2, 0) is 0 Å². The van der Waals surface area contributed by atoms with Crippen LogP contribution in [0.3, 0.4) is 0 Å². The van der Waals surface area contributed by atoms with Crippen molar-refractivity contribution in [3.63, 3.8) is 0 Å². The number of aromatic nitrogens is 2. The SMILES string of the molecule is CC(C)C(c1ncc[nH]1)N1C(=O)c2ccccc2C1=O. The average Bonchev–Trinajstić information content (AvgIpc) is 3.03. The van der Waals surface area contributed by atoms with Crippen LogP contribution < -0.4 is 0 Å². The lowest BCUT2D eigenvalue weighted by molar-refractivity contribution is 0.0529. The molecule has 0 saturated heterocycles.